The molecule has 5 heteroatoms. The predicted octanol–water partition coefficient (Wildman–Crippen LogP) is 3.09. The fraction of sp³-hybridized carbons (Fsp3) is 1.00. The Kier molecular flexibility index (Phi) is 12.4. The van der Waals surface area contributed by atoms with Gasteiger partial charge in [0.1, 0.15) is 0 Å². The molecule has 13 heavy (non-hydrogen) atoms. The molecule has 0 aliphatic heterocycles. The van der Waals surface area contributed by atoms with E-state index in [-0.39, 0.29) is 5.48 Å². The molecule has 0 fully saturated rings. The smallest absolute Gasteiger partial charge is 0.412 e. The molecule has 0 amide bonds. The summed E-state index contributed by atoms with van der Waals surface area (Å²) in [5.74, 6) is 0. The summed E-state index contributed by atoms with van der Waals surface area (Å²) in [4.78, 5) is 0. The first-order valence-electron chi connectivity index (χ1n) is 4.84. The molecule has 0 spiro atoms. The van der Waals surface area contributed by atoms with Gasteiger partial charge in [-0.1, -0.05) is 0 Å². The number of rotatable bonds is 6. The van der Waals surface area contributed by atoms with Gasteiger partial charge in [-0.25, -0.2) is 0 Å². The van der Waals surface area contributed by atoms with Gasteiger partial charge in [-0.3, -0.25) is 0 Å². The third-order valence-corrected chi connectivity index (χ3v) is 41.9. The van der Waals surface area contributed by atoms with Gasteiger partial charge in [0.05, 0.1) is 0 Å². The van der Waals surface area contributed by atoms with Gasteiger partial charge in [-0.05, 0) is 0 Å². The topological polar surface area (TPSA) is 40.7 Å². The molecule has 0 aromatic carbocycles. The van der Waals surface area contributed by atoms with Crippen molar-refractivity contribution in [2.45, 2.75) is 45.4 Å². The molecule has 0 atom stereocenters. The Hall–Kier alpha value is 2.00. The van der Waals surface area contributed by atoms with Crippen LogP contribution in [0.1, 0.15) is 27.7 Å². The largest absolute Gasteiger partial charge is 0.412 e. The Morgan fingerprint density at radius 3 is 1.69 bits per heavy atom. The van der Waals surface area contributed by atoms with Gasteiger partial charge in [-0.15, -0.1) is 0 Å². The van der Waals surface area contributed by atoms with E-state index in [1.807, 2.05) is 0 Å². The Morgan fingerprint density at radius 1 is 1.08 bits per heavy atom. The van der Waals surface area contributed by atoms with E-state index in [2.05, 4.69) is 40.4 Å². The summed E-state index contributed by atoms with van der Waals surface area (Å²) >= 11 is 0.429. The van der Waals surface area contributed by atoms with Crippen LogP contribution in [0.25, 0.3) is 0 Å². The van der Waals surface area contributed by atoms with E-state index < -0.39 is 36.7 Å². The normalized spacial score (nSPS) is 11.5. The van der Waals surface area contributed by atoms with Crippen LogP contribution >= 0.6 is 12.7 Å². The van der Waals surface area contributed by atoms with Gasteiger partial charge < -0.3 is 5.48 Å². The Bertz CT molecular complexity index is 117. The number of hydrogen-bond acceptors (Lipinski definition) is 1. The quantitative estimate of drug-likeness (QED) is 0.554. The van der Waals surface area contributed by atoms with Crippen LogP contribution in [0.2, 0.25) is 17.7 Å². The molecular weight excluding hydrogens is 445 g/mol. The minimum Gasteiger partial charge on any atom is -0.412 e. The van der Waals surface area contributed by atoms with Gasteiger partial charge in [0.25, 0.3) is 0 Å². The summed E-state index contributed by atoms with van der Waals surface area (Å²) in [5, 5.41) is 0. The van der Waals surface area contributed by atoms with Crippen molar-refractivity contribution < 1.29 is 6.89 Å². The van der Waals surface area contributed by atoms with E-state index in [9.17, 15) is 0 Å². The molecule has 0 unspecified atom stereocenters. The van der Waals surface area contributed by atoms with Crippen LogP contribution in [0.15, 0.2) is 0 Å². The molecule has 0 aromatic heterocycles. The second-order valence-electron chi connectivity index (χ2n) is 2.94. The average molecular weight is 468 g/mol. The SMILES string of the molecule is C[CH2][Sn]([CH2]C)[O][Sn]([Br])([CH2]C)[CH2]C.O. The molecule has 0 bridgehead atoms. The average Bonchev–Trinajstić information content (AvgIpc) is 2.14. The van der Waals surface area contributed by atoms with E-state index in [1.54, 1.807) is 0 Å². The van der Waals surface area contributed by atoms with Gasteiger partial charge >= 0.3 is 96.3 Å². The first-order chi connectivity index (χ1) is 5.61. The van der Waals surface area contributed by atoms with Crippen molar-refractivity contribution >= 4 is 49.4 Å². The standard InChI is InChI=1S/4C2H5.BrH.H2O.O.2Sn/c4*1-2;;;;;/h4*1H2,2H3;1H;1H2;;;/q;;;;;;;;+1/p-1. The van der Waals surface area contributed by atoms with Crippen LogP contribution < -0.4 is 0 Å². The maximum absolute atomic E-state index is 6.36. The Morgan fingerprint density at radius 2 is 1.46 bits per heavy atom. The minimum absolute atomic E-state index is 0. The zero-order chi connectivity index (χ0) is 9.61. The maximum atomic E-state index is 6.36. The summed E-state index contributed by atoms with van der Waals surface area (Å²) in [6.45, 7) is 9.15. The molecule has 81 valence electrons. The molecule has 2 nitrogen and oxygen atoms in total. The van der Waals surface area contributed by atoms with Crippen LogP contribution in [0.5, 0.6) is 0 Å². The van der Waals surface area contributed by atoms with Gasteiger partial charge in [0.2, 0.25) is 0 Å². The maximum Gasteiger partial charge on any atom is -0.412 e. The Balaban J connectivity index is 0. The van der Waals surface area contributed by atoms with Crippen LogP contribution in [-0.4, -0.2) is 42.2 Å². The van der Waals surface area contributed by atoms with Gasteiger partial charge in [0, 0.05) is 0 Å². The molecule has 0 saturated carbocycles. The van der Waals surface area contributed by atoms with Crippen molar-refractivity contribution in [3.05, 3.63) is 0 Å². The second-order valence-corrected chi connectivity index (χ2v) is 33.3. The first-order valence-corrected chi connectivity index (χ1v) is 21.6. The van der Waals surface area contributed by atoms with Crippen LogP contribution in [0.3, 0.4) is 0 Å². The van der Waals surface area contributed by atoms with Crippen molar-refractivity contribution in [2.75, 3.05) is 0 Å². The van der Waals surface area contributed by atoms with E-state index >= 15 is 0 Å². The molecule has 2 N–H and O–H groups in total. The third kappa shape index (κ3) is 6.97. The Labute approximate surface area is 101 Å². The summed E-state index contributed by atoms with van der Waals surface area (Å²) < 4.78 is 11.6. The molecule has 0 aliphatic carbocycles. The van der Waals surface area contributed by atoms with Crippen molar-refractivity contribution in [3.8, 4) is 0 Å². The monoisotopic (exact) mass is 469 g/mol. The zero-order valence-corrected chi connectivity index (χ0v) is 16.4. The van der Waals surface area contributed by atoms with Gasteiger partial charge in [-0.2, -0.15) is 0 Å². The summed E-state index contributed by atoms with van der Waals surface area (Å²) in [5.41, 5.74) is 0. The van der Waals surface area contributed by atoms with Crippen LogP contribution in [0.4, 0.5) is 0 Å². The molecule has 1 radical (unpaired) electrons. The predicted molar refractivity (Wildman–Crippen MR) is 67.1 cm³/mol. The molecule has 0 heterocycles. The van der Waals surface area contributed by atoms with Crippen molar-refractivity contribution in [1.29, 1.82) is 0 Å². The van der Waals surface area contributed by atoms with Crippen molar-refractivity contribution in [1.82, 2.24) is 0 Å². The van der Waals surface area contributed by atoms with E-state index in [1.165, 1.54) is 17.7 Å². The van der Waals surface area contributed by atoms with Gasteiger partial charge in [0.15, 0.2) is 0 Å². The van der Waals surface area contributed by atoms with Crippen LogP contribution in [0, 0.1) is 0 Å². The molecule has 0 aliphatic rings. The van der Waals surface area contributed by atoms with E-state index in [4.69, 9.17) is 1.41 Å². The first kappa shape index (κ1) is 17.4. The van der Waals surface area contributed by atoms with E-state index in [0.29, 0.717) is 0 Å². The molecule has 0 saturated heterocycles. The summed E-state index contributed by atoms with van der Waals surface area (Å²) in [7, 11) is 0. The molecular formula is C8H22BrO2Sn2. The molecule has 0 rings (SSSR count). The second kappa shape index (κ2) is 9.24. The number of hydrogen-bond donors (Lipinski definition) is 0. The minimum atomic E-state index is -2.12. The fourth-order valence-corrected chi connectivity index (χ4v) is 38.3. The zero-order valence-electron chi connectivity index (χ0n) is 9.11. The van der Waals surface area contributed by atoms with Crippen LogP contribution in [-0.2, 0) is 1.41 Å². The number of halogens is 1. The summed E-state index contributed by atoms with van der Waals surface area (Å²) in [6.07, 6.45) is 0. The van der Waals surface area contributed by atoms with Crippen molar-refractivity contribution in [2.24, 2.45) is 0 Å². The van der Waals surface area contributed by atoms with Crippen molar-refractivity contribution in [3.63, 3.8) is 0 Å². The van der Waals surface area contributed by atoms with E-state index in [0.717, 1.165) is 0 Å². The third-order valence-electron chi connectivity index (χ3n) is 2.17. The molecule has 0 aromatic rings. The fourth-order valence-electron chi connectivity index (χ4n) is 1.05. The summed E-state index contributed by atoms with van der Waals surface area (Å²) in [6, 6.07) is 0.